The molecular weight excluding hydrogens is 646 g/mol. The van der Waals surface area contributed by atoms with Crippen LogP contribution in [-0.4, -0.2) is 58.9 Å². The summed E-state index contributed by atoms with van der Waals surface area (Å²) in [4.78, 5) is 0.905. The lowest BCUT2D eigenvalue weighted by Crippen LogP contribution is -2.11. The molecule has 0 N–H and O–H groups in total. The summed E-state index contributed by atoms with van der Waals surface area (Å²) in [6, 6.07) is 0. The summed E-state index contributed by atoms with van der Waals surface area (Å²) in [5.74, 6) is 0. The van der Waals surface area contributed by atoms with Crippen LogP contribution in [0.5, 0.6) is 0 Å². The number of alkyl halides is 4. The van der Waals surface area contributed by atoms with Gasteiger partial charge in [-0.1, -0.05) is 91.4 Å². The molecule has 0 aromatic rings. The monoisotopic (exact) mass is 670 g/mol. The Kier molecular flexibility index (Phi) is 20.1. The molecule has 0 spiro atoms. The average Bonchev–Trinajstić information content (AvgIpc) is 2.54. The molecule has 0 aliphatic heterocycles. The van der Waals surface area contributed by atoms with E-state index in [1.165, 1.54) is 0 Å². The van der Waals surface area contributed by atoms with Crippen LogP contribution in [0.25, 0.3) is 0 Å². The topological polar surface area (TPSA) is 55.4 Å². The van der Waals surface area contributed by atoms with E-state index in [1.807, 2.05) is 27.7 Å². The van der Waals surface area contributed by atoms with Crippen LogP contribution in [0.3, 0.4) is 0 Å². The van der Waals surface area contributed by atoms with Crippen molar-refractivity contribution in [3.63, 3.8) is 0 Å². The quantitative estimate of drug-likeness (QED) is 0.0977. The van der Waals surface area contributed by atoms with Crippen LogP contribution in [0.4, 0.5) is 0 Å². The molecule has 0 radical (unpaired) electrons. The zero-order valence-electron chi connectivity index (χ0n) is 15.4. The lowest BCUT2D eigenvalue weighted by atomic mass is 10.5. The SMILES string of the molecule is CC(Br)COP(OCCOP(OCC(C)Br)OCC(C)Br)OCC(C)Br. The van der Waals surface area contributed by atoms with Gasteiger partial charge in [-0.25, -0.2) is 0 Å². The average molecular weight is 674 g/mol. The van der Waals surface area contributed by atoms with Crippen molar-refractivity contribution in [2.24, 2.45) is 0 Å². The molecule has 12 heteroatoms. The van der Waals surface area contributed by atoms with Crippen LogP contribution in [0.1, 0.15) is 27.7 Å². The van der Waals surface area contributed by atoms with Crippen LogP contribution < -0.4 is 0 Å². The maximum Gasteiger partial charge on any atom is 0.332 e. The van der Waals surface area contributed by atoms with Crippen LogP contribution in [0.2, 0.25) is 0 Å². The highest BCUT2D eigenvalue weighted by molar-refractivity contribution is 9.10. The standard InChI is InChI=1S/C14H28Br4O6P2/c1-11(15)7-21-25(22-8-12(2)16)19-5-6-20-26(23-9-13(3)17)24-10-14(4)18/h11-14H,5-10H2,1-4H3. The van der Waals surface area contributed by atoms with Gasteiger partial charge in [0.2, 0.25) is 0 Å². The third-order valence-corrected chi connectivity index (χ3v) is 5.40. The van der Waals surface area contributed by atoms with Gasteiger partial charge < -0.3 is 27.1 Å². The minimum absolute atomic E-state index is 0.226. The predicted molar refractivity (Wildman–Crippen MR) is 123 cm³/mol. The third-order valence-electron chi connectivity index (χ3n) is 2.12. The number of rotatable bonds is 17. The maximum absolute atomic E-state index is 5.68. The van der Waals surface area contributed by atoms with E-state index < -0.39 is 17.2 Å². The minimum atomic E-state index is -1.42. The van der Waals surface area contributed by atoms with Crippen molar-refractivity contribution in [3.8, 4) is 0 Å². The Hall–Kier alpha value is 2.54. The highest BCUT2D eigenvalue weighted by Crippen LogP contribution is 2.43. The molecule has 0 aromatic heterocycles. The first kappa shape index (κ1) is 28.5. The normalized spacial score (nSPS) is 18.9. The molecule has 0 aliphatic rings. The van der Waals surface area contributed by atoms with Crippen molar-refractivity contribution in [1.29, 1.82) is 0 Å². The van der Waals surface area contributed by atoms with E-state index in [-0.39, 0.29) is 19.3 Å². The lowest BCUT2D eigenvalue weighted by molar-refractivity contribution is 0.119. The molecule has 0 aliphatic carbocycles. The van der Waals surface area contributed by atoms with Crippen molar-refractivity contribution in [1.82, 2.24) is 0 Å². The van der Waals surface area contributed by atoms with Gasteiger partial charge in [0.25, 0.3) is 0 Å². The highest BCUT2D eigenvalue weighted by atomic mass is 79.9. The Morgan fingerprint density at radius 2 is 0.731 bits per heavy atom. The van der Waals surface area contributed by atoms with Gasteiger partial charge in [0.05, 0.1) is 39.6 Å². The van der Waals surface area contributed by atoms with Gasteiger partial charge >= 0.3 is 17.2 Å². The van der Waals surface area contributed by atoms with Crippen LogP contribution in [0, 0.1) is 0 Å². The summed E-state index contributed by atoms with van der Waals surface area (Å²) in [5, 5.41) is 0. The fraction of sp³-hybridized carbons (Fsp3) is 1.00. The molecule has 0 saturated heterocycles. The molecular formula is C14H28Br4O6P2. The summed E-state index contributed by atoms with van der Waals surface area (Å²) < 4.78 is 33.9. The van der Waals surface area contributed by atoms with Crippen LogP contribution in [-0.2, 0) is 27.1 Å². The Labute approximate surface area is 193 Å². The second kappa shape index (κ2) is 18.3. The van der Waals surface area contributed by atoms with Gasteiger partial charge in [-0.2, -0.15) is 0 Å². The molecule has 0 saturated carbocycles. The fourth-order valence-electron chi connectivity index (χ4n) is 1.10. The van der Waals surface area contributed by atoms with Crippen molar-refractivity contribution in [2.45, 2.75) is 47.0 Å². The Balaban J connectivity index is 4.21. The van der Waals surface area contributed by atoms with Crippen molar-refractivity contribution in [3.05, 3.63) is 0 Å². The summed E-state index contributed by atoms with van der Waals surface area (Å²) >= 11 is 13.8. The summed E-state index contributed by atoms with van der Waals surface area (Å²) in [6.07, 6.45) is 0. The molecule has 6 nitrogen and oxygen atoms in total. The molecule has 0 amide bonds. The zero-order valence-corrected chi connectivity index (χ0v) is 23.5. The maximum atomic E-state index is 5.68. The molecule has 158 valence electrons. The highest BCUT2D eigenvalue weighted by Gasteiger charge is 2.18. The first-order chi connectivity index (χ1) is 12.2. The minimum Gasteiger partial charge on any atom is -0.311 e. The summed E-state index contributed by atoms with van der Waals surface area (Å²) in [5.41, 5.74) is 0. The molecule has 4 atom stereocenters. The summed E-state index contributed by atoms with van der Waals surface area (Å²) in [7, 11) is -2.84. The Morgan fingerprint density at radius 1 is 0.500 bits per heavy atom. The van der Waals surface area contributed by atoms with E-state index in [0.717, 1.165) is 0 Å². The zero-order chi connectivity index (χ0) is 19.9. The summed E-state index contributed by atoms with van der Waals surface area (Å²) in [6.45, 7) is 10.7. The van der Waals surface area contributed by atoms with E-state index in [2.05, 4.69) is 63.7 Å². The number of hydrogen-bond acceptors (Lipinski definition) is 6. The van der Waals surface area contributed by atoms with Crippen molar-refractivity contribution < 1.29 is 27.1 Å². The van der Waals surface area contributed by atoms with E-state index in [1.54, 1.807) is 0 Å². The van der Waals surface area contributed by atoms with E-state index in [0.29, 0.717) is 39.6 Å². The number of hydrogen-bond donors (Lipinski definition) is 0. The van der Waals surface area contributed by atoms with Gasteiger partial charge in [-0.05, 0) is 0 Å². The number of halogens is 4. The van der Waals surface area contributed by atoms with Gasteiger partial charge in [0.15, 0.2) is 0 Å². The van der Waals surface area contributed by atoms with Crippen molar-refractivity contribution in [2.75, 3.05) is 39.6 Å². The van der Waals surface area contributed by atoms with Gasteiger partial charge in [-0.15, -0.1) is 0 Å². The van der Waals surface area contributed by atoms with Crippen LogP contribution in [0.15, 0.2) is 0 Å². The predicted octanol–water partition coefficient (Wildman–Crippen LogP) is 6.67. The van der Waals surface area contributed by atoms with E-state index in [9.17, 15) is 0 Å². The third kappa shape index (κ3) is 19.8. The molecule has 0 fully saturated rings. The second-order valence-corrected chi connectivity index (χ2v) is 14.1. The molecule has 0 heterocycles. The molecule has 26 heavy (non-hydrogen) atoms. The Bertz CT molecular complexity index is 276. The molecule has 0 aromatic carbocycles. The van der Waals surface area contributed by atoms with Gasteiger partial charge in [-0.3, -0.25) is 0 Å². The van der Waals surface area contributed by atoms with Gasteiger partial charge in [0, 0.05) is 19.3 Å². The van der Waals surface area contributed by atoms with Crippen molar-refractivity contribution >= 4 is 80.9 Å². The lowest BCUT2D eigenvalue weighted by Gasteiger charge is -2.20. The fourth-order valence-corrected chi connectivity index (χ4v) is 4.72. The Morgan fingerprint density at radius 3 is 0.923 bits per heavy atom. The second-order valence-electron chi connectivity index (χ2n) is 5.42. The first-order valence-corrected chi connectivity index (χ1v) is 14.0. The van der Waals surface area contributed by atoms with Crippen LogP contribution >= 0.6 is 80.9 Å². The first-order valence-electron chi connectivity index (χ1n) is 8.14. The largest absolute Gasteiger partial charge is 0.332 e. The molecule has 4 unspecified atom stereocenters. The molecule has 0 bridgehead atoms. The van der Waals surface area contributed by atoms with E-state index >= 15 is 0 Å². The van der Waals surface area contributed by atoms with Gasteiger partial charge in [0.1, 0.15) is 0 Å². The molecule has 0 rings (SSSR count). The smallest absolute Gasteiger partial charge is 0.311 e. The van der Waals surface area contributed by atoms with E-state index in [4.69, 9.17) is 27.1 Å².